The van der Waals surface area contributed by atoms with Crippen LogP contribution in [0.4, 0.5) is 0 Å². The van der Waals surface area contributed by atoms with Gasteiger partial charge in [-0.15, -0.1) is 16.4 Å². The van der Waals surface area contributed by atoms with Crippen molar-refractivity contribution in [1.82, 2.24) is 29.9 Å². The minimum Gasteiger partial charge on any atom is -0.349 e. The highest BCUT2D eigenvalue weighted by molar-refractivity contribution is 7.09. The number of fused-ring (bicyclic) bond motifs is 1. The van der Waals surface area contributed by atoms with Crippen LogP contribution in [-0.4, -0.2) is 37.0 Å². The van der Waals surface area contributed by atoms with E-state index in [0.29, 0.717) is 18.7 Å². The number of nitrogens with zero attached hydrogens (tertiary/aromatic N) is 5. The van der Waals surface area contributed by atoms with E-state index in [4.69, 9.17) is 0 Å². The van der Waals surface area contributed by atoms with E-state index in [0.717, 1.165) is 16.4 Å². The lowest BCUT2D eigenvalue weighted by Gasteiger charge is -2.14. The number of hydrogen-bond donors (Lipinski definition) is 1. The number of aryl methyl sites for hydroxylation is 1. The third kappa shape index (κ3) is 3.43. The zero-order valence-electron chi connectivity index (χ0n) is 14.2. The standard InChI is InChI=1S/C16H20N6OS/c1-10-5-7-18-15-20-13(21-22(10)15)14(23)17-8-6-12-19-11(9-24-12)16(2,3)4/h5,7,9H,6,8H2,1-4H3,(H,17,23). The summed E-state index contributed by atoms with van der Waals surface area (Å²) in [4.78, 5) is 25.1. The molecule has 0 spiro atoms. The maximum Gasteiger partial charge on any atom is 0.291 e. The fraction of sp³-hybridized carbons (Fsp3) is 0.438. The molecule has 0 fully saturated rings. The van der Waals surface area contributed by atoms with Crippen molar-refractivity contribution in [3.05, 3.63) is 39.9 Å². The highest BCUT2D eigenvalue weighted by Gasteiger charge is 2.18. The average molecular weight is 344 g/mol. The second kappa shape index (κ2) is 6.27. The summed E-state index contributed by atoms with van der Waals surface area (Å²) in [5.74, 6) is 0.258. The van der Waals surface area contributed by atoms with Crippen molar-refractivity contribution in [2.24, 2.45) is 0 Å². The molecule has 3 aromatic heterocycles. The molecule has 0 aromatic carbocycles. The Morgan fingerprint density at radius 3 is 2.79 bits per heavy atom. The Hall–Kier alpha value is -2.35. The van der Waals surface area contributed by atoms with Gasteiger partial charge in [-0.1, -0.05) is 20.8 Å². The van der Waals surface area contributed by atoms with Crippen LogP contribution in [0.2, 0.25) is 0 Å². The third-order valence-corrected chi connectivity index (χ3v) is 4.49. The fourth-order valence-electron chi connectivity index (χ4n) is 2.13. The summed E-state index contributed by atoms with van der Waals surface area (Å²) < 4.78 is 1.56. The molecule has 3 heterocycles. The van der Waals surface area contributed by atoms with Gasteiger partial charge in [0.25, 0.3) is 11.7 Å². The van der Waals surface area contributed by atoms with Crippen LogP contribution in [0.3, 0.4) is 0 Å². The molecule has 0 radical (unpaired) electrons. The second-order valence-electron chi connectivity index (χ2n) is 6.62. The van der Waals surface area contributed by atoms with Crippen LogP contribution >= 0.6 is 11.3 Å². The smallest absolute Gasteiger partial charge is 0.291 e. The second-order valence-corrected chi connectivity index (χ2v) is 7.56. The van der Waals surface area contributed by atoms with Crippen molar-refractivity contribution in [2.45, 2.75) is 39.5 Å². The lowest BCUT2D eigenvalue weighted by molar-refractivity contribution is 0.0944. The van der Waals surface area contributed by atoms with Crippen molar-refractivity contribution in [2.75, 3.05) is 6.54 Å². The summed E-state index contributed by atoms with van der Waals surface area (Å²) in [6.45, 7) is 8.80. The van der Waals surface area contributed by atoms with Crippen molar-refractivity contribution in [3.8, 4) is 0 Å². The minimum atomic E-state index is -0.299. The van der Waals surface area contributed by atoms with Gasteiger partial charge in [0.05, 0.1) is 10.7 Å². The normalized spacial score (nSPS) is 11.8. The molecular formula is C16H20N6OS. The number of nitrogens with one attached hydrogen (secondary N) is 1. The first kappa shape index (κ1) is 16.5. The lowest BCUT2D eigenvalue weighted by Crippen LogP contribution is -2.26. The van der Waals surface area contributed by atoms with Gasteiger partial charge in [-0.2, -0.15) is 4.98 Å². The van der Waals surface area contributed by atoms with E-state index in [-0.39, 0.29) is 17.1 Å². The minimum absolute atomic E-state index is 0.0450. The van der Waals surface area contributed by atoms with Crippen molar-refractivity contribution in [1.29, 1.82) is 0 Å². The van der Waals surface area contributed by atoms with Crippen LogP contribution in [0.25, 0.3) is 5.78 Å². The largest absolute Gasteiger partial charge is 0.349 e. The number of thiazole rings is 1. The molecule has 0 atom stereocenters. The van der Waals surface area contributed by atoms with E-state index < -0.39 is 0 Å². The maximum absolute atomic E-state index is 12.2. The SMILES string of the molecule is Cc1ccnc2nc(C(=O)NCCc3nc(C(C)(C)C)cs3)nn12. The van der Waals surface area contributed by atoms with Crippen LogP contribution in [0.15, 0.2) is 17.6 Å². The van der Waals surface area contributed by atoms with Gasteiger partial charge in [0.2, 0.25) is 5.82 Å². The van der Waals surface area contributed by atoms with E-state index in [1.54, 1.807) is 22.0 Å². The number of rotatable bonds is 4. The molecule has 24 heavy (non-hydrogen) atoms. The molecule has 0 aliphatic rings. The molecule has 0 bridgehead atoms. The van der Waals surface area contributed by atoms with Gasteiger partial charge in [-0.25, -0.2) is 14.5 Å². The van der Waals surface area contributed by atoms with Crippen molar-refractivity contribution >= 4 is 23.0 Å². The molecule has 0 aliphatic carbocycles. The summed E-state index contributed by atoms with van der Waals surface area (Å²) in [5.41, 5.74) is 2.00. The predicted octanol–water partition coefficient (Wildman–Crippen LogP) is 2.16. The van der Waals surface area contributed by atoms with Crippen LogP contribution in [0.1, 0.15) is 47.8 Å². The average Bonchev–Trinajstić information content (AvgIpc) is 3.13. The molecule has 1 amide bonds. The first-order valence-corrected chi connectivity index (χ1v) is 8.64. The lowest BCUT2D eigenvalue weighted by atomic mass is 9.93. The van der Waals surface area contributed by atoms with E-state index in [1.807, 2.05) is 13.0 Å². The zero-order chi connectivity index (χ0) is 17.3. The Bertz CT molecular complexity index is 876. The first-order valence-electron chi connectivity index (χ1n) is 7.76. The maximum atomic E-state index is 12.2. The van der Waals surface area contributed by atoms with E-state index in [9.17, 15) is 4.79 Å². The van der Waals surface area contributed by atoms with Crippen LogP contribution in [-0.2, 0) is 11.8 Å². The summed E-state index contributed by atoms with van der Waals surface area (Å²) in [7, 11) is 0. The summed E-state index contributed by atoms with van der Waals surface area (Å²) in [6, 6.07) is 1.82. The molecule has 0 saturated carbocycles. The molecule has 8 heteroatoms. The monoisotopic (exact) mass is 344 g/mol. The molecule has 0 aliphatic heterocycles. The molecule has 1 N–H and O–H groups in total. The van der Waals surface area contributed by atoms with Crippen LogP contribution in [0.5, 0.6) is 0 Å². The third-order valence-electron chi connectivity index (χ3n) is 3.58. The quantitative estimate of drug-likeness (QED) is 0.784. The number of carbonyl (C=O) groups is 1. The Balaban J connectivity index is 1.61. The summed E-state index contributed by atoms with van der Waals surface area (Å²) in [6.07, 6.45) is 2.34. The predicted molar refractivity (Wildman–Crippen MR) is 92.4 cm³/mol. The Labute approximate surface area is 144 Å². The van der Waals surface area contributed by atoms with Gasteiger partial charge in [0.1, 0.15) is 0 Å². The van der Waals surface area contributed by atoms with Gasteiger partial charge in [-0.05, 0) is 13.0 Å². The van der Waals surface area contributed by atoms with Gasteiger partial charge < -0.3 is 5.32 Å². The molecule has 7 nitrogen and oxygen atoms in total. The number of aromatic nitrogens is 5. The summed E-state index contributed by atoms with van der Waals surface area (Å²) in [5, 5.41) is 10.1. The van der Waals surface area contributed by atoms with Gasteiger partial charge in [-0.3, -0.25) is 4.79 Å². The molecule has 0 unspecified atom stereocenters. The highest BCUT2D eigenvalue weighted by atomic mass is 32.1. The highest BCUT2D eigenvalue weighted by Crippen LogP contribution is 2.23. The topological polar surface area (TPSA) is 85.1 Å². The first-order chi connectivity index (χ1) is 11.3. The zero-order valence-corrected chi connectivity index (χ0v) is 15.0. The summed E-state index contributed by atoms with van der Waals surface area (Å²) >= 11 is 1.62. The fourth-order valence-corrected chi connectivity index (χ4v) is 3.16. The Morgan fingerprint density at radius 2 is 2.12 bits per heavy atom. The van der Waals surface area contributed by atoms with Gasteiger partial charge >= 0.3 is 0 Å². The molecule has 3 aromatic rings. The van der Waals surface area contributed by atoms with Crippen molar-refractivity contribution < 1.29 is 4.79 Å². The molecular weight excluding hydrogens is 324 g/mol. The Kier molecular flexibility index (Phi) is 4.31. The van der Waals surface area contributed by atoms with E-state index >= 15 is 0 Å². The molecule has 3 rings (SSSR count). The van der Waals surface area contributed by atoms with Gasteiger partial charge in [0.15, 0.2) is 0 Å². The molecule has 126 valence electrons. The van der Waals surface area contributed by atoms with E-state index in [2.05, 4.69) is 51.5 Å². The number of carbonyl (C=O) groups excluding carboxylic acids is 1. The van der Waals surface area contributed by atoms with Crippen molar-refractivity contribution in [3.63, 3.8) is 0 Å². The molecule has 0 saturated heterocycles. The van der Waals surface area contributed by atoms with E-state index in [1.165, 1.54) is 0 Å². The van der Waals surface area contributed by atoms with Crippen LogP contribution in [0, 0.1) is 6.92 Å². The number of hydrogen-bond acceptors (Lipinski definition) is 6. The Morgan fingerprint density at radius 1 is 1.33 bits per heavy atom. The number of amides is 1. The van der Waals surface area contributed by atoms with Gasteiger partial charge in [0, 0.05) is 35.7 Å². The van der Waals surface area contributed by atoms with Crippen LogP contribution < -0.4 is 5.32 Å².